The Bertz CT molecular complexity index is 405. The monoisotopic (exact) mass is 195 g/mol. The zero-order valence-corrected chi connectivity index (χ0v) is 7.68. The van der Waals surface area contributed by atoms with Crippen LogP contribution in [0.25, 0.3) is 0 Å². The van der Waals surface area contributed by atoms with Crippen LogP contribution < -0.4 is 9.47 Å². The number of nitriles is 1. The van der Waals surface area contributed by atoms with E-state index in [9.17, 15) is 0 Å². The zero-order valence-electron chi connectivity index (χ0n) is 6.93. The summed E-state index contributed by atoms with van der Waals surface area (Å²) in [6, 6.07) is 3.69. The Morgan fingerprint density at radius 1 is 1.54 bits per heavy atom. The molecule has 0 bridgehead atoms. The lowest BCUT2D eigenvalue weighted by molar-refractivity contribution is 0.174. The Hall–Kier alpha value is -1.40. The number of hydrogen-bond acceptors (Lipinski definition) is 3. The van der Waals surface area contributed by atoms with Gasteiger partial charge in [0, 0.05) is 6.07 Å². The molecule has 4 heteroatoms. The number of nitrogens with zero attached hydrogens (tertiary/aromatic N) is 1. The number of ether oxygens (including phenoxy) is 2. The molecule has 0 radical (unpaired) electrons. The van der Waals surface area contributed by atoms with Gasteiger partial charge in [-0.15, -0.1) is 0 Å². The summed E-state index contributed by atoms with van der Waals surface area (Å²) in [4.78, 5) is 0. The summed E-state index contributed by atoms with van der Waals surface area (Å²) >= 11 is 5.97. The molecule has 0 amide bonds. The standard InChI is InChI=1S/C9H6ClNO2/c1-5-6(3-11)2-7-9(8(5)10)13-4-12-7/h2H,4H2,1H3. The highest BCUT2D eigenvalue weighted by molar-refractivity contribution is 6.33. The molecule has 0 N–H and O–H groups in total. The van der Waals surface area contributed by atoms with E-state index in [0.29, 0.717) is 22.1 Å². The Kier molecular flexibility index (Phi) is 1.78. The Balaban J connectivity index is 2.70. The maximum Gasteiger partial charge on any atom is 0.231 e. The normalized spacial score (nSPS) is 12.7. The van der Waals surface area contributed by atoms with Crippen LogP contribution in [0.4, 0.5) is 0 Å². The second-order valence-corrected chi connectivity index (χ2v) is 3.09. The summed E-state index contributed by atoms with van der Waals surface area (Å²) in [5, 5.41) is 9.23. The first-order valence-electron chi connectivity index (χ1n) is 3.73. The molecule has 1 aliphatic rings. The zero-order chi connectivity index (χ0) is 9.42. The molecule has 1 aliphatic heterocycles. The molecule has 0 atom stereocenters. The smallest absolute Gasteiger partial charge is 0.231 e. The van der Waals surface area contributed by atoms with Crippen molar-refractivity contribution in [3.63, 3.8) is 0 Å². The van der Waals surface area contributed by atoms with E-state index in [4.69, 9.17) is 26.3 Å². The van der Waals surface area contributed by atoms with Crippen LogP contribution >= 0.6 is 11.6 Å². The van der Waals surface area contributed by atoms with Crippen molar-refractivity contribution in [1.82, 2.24) is 0 Å². The minimum absolute atomic E-state index is 0.170. The van der Waals surface area contributed by atoms with E-state index in [-0.39, 0.29) is 6.79 Å². The lowest BCUT2D eigenvalue weighted by Crippen LogP contribution is -1.93. The minimum atomic E-state index is 0.170. The SMILES string of the molecule is Cc1c(C#N)cc2c(c1Cl)OCO2. The van der Waals surface area contributed by atoms with E-state index >= 15 is 0 Å². The van der Waals surface area contributed by atoms with Crippen LogP contribution in [0.5, 0.6) is 11.5 Å². The molecule has 2 rings (SSSR count). The topological polar surface area (TPSA) is 42.2 Å². The fourth-order valence-electron chi connectivity index (χ4n) is 1.21. The summed E-state index contributed by atoms with van der Waals surface area (Å²) in [6.45, 7) is 1.95. The van der Waals surface area contributed by atoms with Gasteiger partial charge >= 0.3 is 0 Å². The molecule has 3 nitrogen and oxygen atoms in total. The molecule has 1 aromatic carbocycles. The predicted octanol–water partition coefficient (Wildman–Crippen LogP) is 2.25. The summed E-state index contributed by atoms with van der Waals surface area (Å²) in [7, 11) is 0. The van der Waals surface area contributed by atoms with Crippen molar-refractivity contribution in [3.05, 3.63) is 22.2 Å². The molecule has 0 saturated carbocycles. The highest BCUT2D eigenvalue weighted by Gasteiger charge is 2.20. The highest BCUT2D eigenvalue weighted by Crippen LogP contribution is 2.42. The number of rotatable bonds is 0. The molecule has 1 heterocycles. The van der Waals surface area contributed by atoms with Crippen molar-refractivity contribution in [2.24, 2.45) is 0 Å². The molecule has 0 spiro atoms. The van der Waals surface area contributed by atoms with E-state index in [1.54, 1.807) is 13.0 Å². The van der Waals surface area contributed by atoms with Gasteiger partial charge in [0.15, 0.2) is 11.5 Å². The third kappa shape index (κ3) is 1.11. The fraction of sp³-hybridized carbons (Fsp3) is 0.222. The van der Waals surface area contributed by atoms with Crippen LogP contribution in [0.2, 0.25) is 5.02 Å². The molecule has 66 valence electrons. The lowest BCUT2D eigenvalue weighted by atomic mass is 10.1. The van der Waals surface area contributed by atoms with Crippen LogP contribution in [0.3, 0.4) is 0 Å². The molecule has 13 heavy (non-hydrogen) atoms. The maximum absolute atomic E-state index is 8.77. The molecule has 0 fully saturated rings. The van der Waals surface area contributed by atoms with Gasteiger partial charge in [-0.05, 0) is 12.5 Å². The summed E-state index contributed by atoms with van der Waals surface area (Å²) < 4.78 is 10.3. The Morgan fingerprint density at radius 2 is 2.31 bits per heavy atom. The van der Waals surface area contributed by atoms with Gasteiger partial charge in [0.2, 0.25) is 6.79 Å². The van der Waals surface area contributed by atoms with E-state index in [1.165, 1.54) is 0 Å². The van der Waals surface area contributed by atoms with Crippen molar-refractivity contribution in [2.75, 3.05) is 6.79 Å². The van der Waals surface area contributed by atoms with Crippen molar-refractivity contribution in [1.29, 1.82) is 5.26 Å². The summed E-state index contributed by atoms with van der Waals surface area (Å²) in [5.74, 6) is 1.09. The molecular weight excluding hydrogens is 190 g/mol. The number of halogens is 1. The highest BCUT2D eigenvalue weighted by atomic mass is 35.5. The lowest BCUT2D eigenvalue weighted by Gasteiger charge is -2.03. The second-order valence-electron chi connectivity index (χ2n) is 2.71. The van der Waals surface area contributed by atoms with Crippen molar-refractivity contribution in [2.45, 2.75) is 6.92 Å². The van der Waals surface area contributed by atoms with E-state index in [1.807, 2.05) is 6.07 Å². The molecule has 0 unspecified atom stereocenters. The molecule has 0 saturated heterocycles. The third-order valence-corrected chi connectivity index (χ3v) is 2.43. The maximum atomic E-state index is 8.77. The fourth-order valence-corrected chi connectivity index (χ4v) is 1.46. The number of benzene rings is 1. The molecular formula is C9H6ClNO2. The van der Waals surface area contributed by atoms with Crippen molar-refractivity contribution >= 4 is 11.6 Å². The Labute approximate surface area is 80.4 Å². The number of fused-ring (bicyclic) bond motifs is 1. The second kappa shape index (κ2) is 2.82. The number of hydrogen-bond donors (Lipinski definition) is 0. The minimum Gasteiger partial charge on any atom is -0.453 e. The van der Waals surface area contributed by atoms with Crippen molar-refractivity contribution in [3.8, 4) is 17.6 Å². The van der Waals surface area contributed by atoms with Crippen LogP contribution in [0.1, 0.15) is 11.1 Å². The van der Waals surface area contributed by atoms with Gasteiger partial charge in [0.05, 0.1) is 16.7 Å². The first-order chi connectivity index (χ1) is 6.24. The Morgan fingerprint density at radius 3 is 3.00 bits per heavy atom. The largest absolute Gasteiger partial charge is 0.453 e. The van der Waals surface area contributed by atoms with Gasteiger partial charge in [-0.2, -0.15) is 5.26 Å². The van der Waals surface area contributed by atoms with Crippen LogP contribution in [-0.2, 0) is 0 Å². The van der Waals surface area contributed by atoms with Gasteiger partial charge in [-0.25, -0.2) is 0 Å². The third-order valence-electron chi connectivity index (χ3n) is 1.97. The van der Waals surface area contributed by atoms with Crippen LogP contribution in [0, 0.1) is 18.3 Å². The molecule has 0 aliphatic carbocycles. The van der Waals surface area contributed by atoms with E-state index in [2.05, 4.69) is 0 Å². The average Bonchev–Trinajstić information content (AvgIpc) is 2.59. The van der Waals surface area contributed by atoms with Gasteiger partial charge in [-0.1, -0.05) is 11.6 Å². The molecule has 1 aromatic rings. The summed E-state index contributed by atoms with van der Waals surface area (Å²) in [6.07, 6.45) is 0. The molecule has 0 aromatic heterocycles. The quantitative estimate of drug-likeness (QED) is 0.638. The van der Waals surface area contributed by atoms with Gasteiger partial charge in [0.25, 0.3) is 0 Å². The van der Waals surface area contributed by atoms with Crippen molar-refractivity contribution < 1.29 is 9.47 Å². The van der Waals surface area contributed by atoms with Gasteiger partial charge in [0.1, 0.15) is 0 Å². The first-order valence-corrected chi connectivity index (χ1v) is 4.10. The van der Waals surface area contributed by atoms with Gasteiger partial charge in [-0.3, -0.25) is 0 Å². The first kappa shape index (κ1) is 8.21. The average molecular weight is 196 g/mol. The summed E-state index contributed by atoms with van der Waals surface area (Å²) in [5.41, 5.74) is 1.25. The van der Waals surface area contributed by atoms with E-state index in [0.717, 1.165) is 5.56 Å². The van der Waals surface area contributed by atoms with E-state index < -0.39 is 0 Å². The van der Waals surface area contributed by atoms with Crippen LogP contribution in [0.15, 0.2) is 6.07 Å². The van der Waals surface area contributed by atoms with Crippen LogP contribution in [-0.4, -0.2) is 6.79 Å². The van der Waals surface area contributed by atoms with Gasteiger partial charge < -0.3 is 9.47 Å². The predicted molar refractivity (Wildman–Crippen MR) is 47.0 cm³/mol.